The van der Waals surface area contributed by atoms with Crippen LogP contribution in [0.25, 0.3) is 0 Å². The molecule has 3 heteroatoms. The third kappa shape index (κ3) is 3.08. The minimum atomic E-state index is 0.198. The van der Waals surface area contributed by atoms with Gasteiger partial charge in [0, 0.05) is 15.4 Å². The van der Waals surface area contributed by atoms with Gasteiger partial charge in [0.2, 0.25) is 0 Å². The van der Waals surface area contributed by atoms with Crippen molar-refractivity contribution in [2.75, 3.05) is 0 Å². The Hall–Kier alpha value is 0.140. The van der Waals surface area contributed by atoms with Crippen LogP contribution < -0.4 is 5.73 Å². The molecule has 2 atom stereocenters. The zero-order valence-corrected chi connectivity index (χ0v) is 10.5. The van der Waals surface area contributed by atoms with E-state index in [1.54, 1.807) is 11.3 Å². The van der Waals surface area contributed by atoms with Gasteiger partial charge in [-0.05, 0) is 39.7 Å². The lowest BCUT2D eigenvalue weighted by atomic mass is 9.99. The summed E-state index contributed by atoms with van der Waals surface area (Å²) in [5, 5.41) is 2.08. The molecule has 0 spiro atoms. The van der Waals surface area contributed by atoms with Crippen LogP contribution in [0.3, 0.4) is 0 Å². The van der Waals surface area contributed by atoms with E-state index in [1.165, 1.54) is 11.3 Å². The van der Waals surface area contributed by atoms with Crippen molar-refractivity contribution < 1.29 is 0 Å². The van der Waals surface area contributed by atoms with Gasteiger partial charge in [-0.25, -0.2) is 0 Å². The standard InChI is InChI=1S/C10H16BrNS/c1-3-7(2)6-9(12)10-8(11)4-5-13-10/h4-5,7,9H,3,6,12H2,1-2H3. The van der Waals surface area contributed by atoms with E-state index in [4.69, 9.17) is 5.73 Å². The Bertz CT molecular complexity index is 259. The summed E-state index contributed by atoms with van der Waals surface area (Å²) in [5.41, 5.74) is 6.10. The van der Waals surface area contributed by atoms with Crippen LogP contribution in [0.1, 0.15) is 37.6 Å². The van der Waals surface area contributed by atoms with Crippen LogP contribution in [-0.2, 0) is 0 Å². The fourth-order valence-electron chi connectivity index (χ4n) is 1.28. The number of thiophene rings is 1. The molecule has 2 unspecified atom stereocenters. The maximum atomic E-state index is 6.10. The third-order valence-electron chi connectivity index (χ3n) is 2.33. The van der Waals surface area contributed by atoms with Crippen molar-refractivity contribution in [1.29, 1.82) is 0 Å². The van der Waals surface area contributed by atoms with Gasteiger partial charge in [0.25, 0.3) is 0 Å². The monoisotopic (exact) mass is 261 g/mol. The lowest BCUT2D eigenvalue weighted by Gasteiger charge is -2.14. The quantitative estimate of drug-likeness (QED) is 0.873. The van der Waals surface area contributed by atoms with E-state index in [9.17, 15) is 0 Å². The van der Waals surface area contributed by atoms with Gasteiger partial charge in [-0.1, -0.05) is 20.3 Å². The lowest BCUT2D eigenvalue weighted by Crippen LogP contribution is -2.12. The molecule has 0 aliphatic rings. The number of hydrogen-bond acceptors (Lipinski definition) is 2. The molecule has 13 heavy (non-hydrogen) atoms. The highest BCUT2D eigenvalue weighted by molar-refractivity contribution is 9.10. The van der Waals surface area contributed by atoms with Gasteiger partial charge in [-0.2, -0.15) is 0 Å². The minimum Gasteiger partial charge on any atom is -0.323 e. The first-order valence-electron chi connectivity index (χ1n) is 4.63. The Morgan fingerprint density at radius 3 is 2.77 bits per heavy atom. The summed E-state index contributed by atoms with van der Waals surface area (Å²) in [7, 11) is 0. The molecule has 1 aromatic rings. The normalized spacial score (nSPS) is 15.7. The predicted octanol–water partition coefficient (Wildman–Crippen LogP) is 3.95. The molecule has 0 bridgehead atoms. The first-order chi connectivity index (χ1) is 6.15. The second-order valence-corrected chi connectivity index (χ2v) is 5.29. The molecule has 0 radical (unpaired) electrons. The molecule has 0 aliphatic heterocycles. The molecule has 0 saturated carbocycles. The SMILES string of the molecule is CCC(C)CC(N)c1sccc1Br. The predicted molar refractivity (Wildman–Crippen MR) is 63.0 cm³/mol. The second-order valence-electron chi connectivity index (χ2n) is 3.49. The third-order valence-corrected chi connectivity index (χ3v) is 4.34. The molecule has 2 N–H and O–H groups in total. The van der Waals surface area contributed by atoms with E-state index in [-0.39, 0.29) is 6.04 Å². The van der Waals surface area contributed by atoms with Gasteiger partial charge in [-0.15, -0.1) is 11.3 Å². The zero-order valence-electron chi connectivity index (χ0n) is 8.09. The summed E-state index contributed by atoms with van der Waals surface area (Å²) in [6.07, 6.45) is 2.28. The first kappa shape index (κ1) is 11.2. The maximum Gasteiger partial charge on any atom is 0.0403 e. The topological polar surface area (TPSA) is 26.0 Å². The largest absolute Gasteiger partial charge is 0.323 e. The summed E-state index contributed by atoms with van der Waals surface area (Å²) in [4.78, 5) is 1.28. The van der Waals surface area contributed by atoms with E-state index in [0.29, 0.717) is 5.92 Å². The van der Waals surface area contributed by atoms with Crippen molar-refractivity contribution in [3.05, 3.63) is 20.8 Å². The highest BCUT2D eigenvalue weighted by Crippen LogP contribution is 2.31. The van der Waals surface area contributed by atoms with Crippen LogP contribution in [-0.4, -0.2) is 0 Å². The maximum absolute atomic E-state index is 6.10. The van der Waals surface area contributed by atoms with Crippen LogP contribution in [0.5, 0.6) is 0 Å². The molecule has 74 valence electrons. The smallest absolute Gasteiger partial charge is 0.0403 e. The van der Waals surface area contributed by atoms with Gasteiger partial charge in [-0.3, -0.25) is 0 Å². The van der Waals surface area contributed by atoms with E-state index < -0.39 is 0 Å². The Morgan fingerprint density at radius 1 is 1.62 bits per heavy atom. The van der Waals surface area contributed by atoms with Gasteiger partial charge >= 0.3 is 0 Å². The molecule has 1 nitrogen and oxygen atoms in total. The van der Waals surface area contributed by atoms with Crippen molar-refractivity contribution in [3.8, 4) is 0 Å². The number of halogens is 1. The average Bonchev–Trinajstić information content (AvgIpc) is 2.51. The van der Waals surface area contributed by atoms with Crippen LogP contribution in [0, 0.1) is 5.92 Å². The van der Waals surface area contributed by atoms with E-state index in [2.05, 4.69) is 41.2 Å². The fourth-order valence-corrected chi connectivity index (χ4v) is 2.96. The summed E-state index contributed by atoms with van der Waals surface area (Å²) in [6.45, 7) is 4.46. The van der Waals surface area contributed by atoms with Gasteiger partial charge in [0.1, 0.15) is 0 Å². The van der Waals surface area contributed by atoms with Crippen LogP contribution >= 0.6 is 27.3 Å². The fraction of sp³-hybridized carbons (Fsp3) is 0.600. The highest BCUT2D eigenvalue weighted by atomic mass is 79.9. The van der Waals surface area contributed by atoms with Crippen molar-refractivity contribution in [3.63, 3.8) is 0 Å². The van der Waals surface area contributed by atoms with E-state index >= 15 is 0 Å². The molecule has 0 aliphatic carbocycles. The Balaban J connectivity index is 2.58. The number of hydrogen-bond donors (Lipinski definition) is 1. The Morgan fingerprint density at radius 2 is 2.31 bits per heavy atom. The van der Waals surface area contributed by atoms with Crippen molar-refractivity contribution in [2.45, 2.75) is 32.7 Å². The molecule has 1 rings (SSSR count). The molecule has 0 aromatic carbocycles. The van der Waals surface area contributed by atoms with Gasteiger partial charge in [0.15, 0.2) is 0 Å². The number of nitrogens with two attached hydrogens (primary N) is 1. The highest BCUT2D eigenvalue weighted by Gasteiger charge is 2.13. The van der Waals surface area contributed by atoms with Crippen LogP contribution in [0.4, 0.5) is 0 Å². The first-order valence-corrected chi connectivity index (χ1v) is 6.30. The van der Waals surface area contributed by atoms with Crippen LogP contribution in [0.15, 0.2) is 15.9 Å². The van der Waals surface area contributed by atoms with Crippen molar-refractivity contribution in [2.24, 2.45) is 11.7 Å². The van der Waals surface area contributed by atoms with Gasteiger partial charge < -0.3 is 5.73 Å². The molecule has 0 saturated heterocycles. The van der Waals surface area contributed by atoms with E-state index in [0.717, 1.165) is 10.9 Å². The second kappa shape index (κ2) is 5.13. The Kier molecular flexibility index (Phi) is 4.42. The summed E-state index contributed by atoms with van der Waals surface area (Å²) in [5.74, 6) is 0.712. The molecular weight excluding hydrogens is 246 g/mol. The summed E-state index contributed by atoms with van der Waals surface area (Å²) < 4.78 is 1.16. The van der Waals surface area contributed by atoms with Crippen LogP contribution in [0.2, 0.25) is 0 Å². The summed E-state index contributed by atoms with van der Waals surface area (Å²) >= 11 is 5.25. The number of rotatable bonds is 4. The van der Waals surface area contributed by atoms with Crippen molar-refractivity contribution >= 4 is 27.3 Å². The summed E-state index contributed by atoms with van der Waals surface area (Å²) in [6, 6.07) is 2.26. The Labute approximate surface area is 92.5 Å². The molecular formula is C10H16BrNS. The van der Waals surface area contributed by atoms with Gasteiger partial charge in [0.05, 0.1) is 0 Å². The molecule has 1 heterocycles. The average molecular weight is 262 g/mol. The molecule has 1 aromatic heterocycles. The lowest BCUT2D eigenvalue weighted by molar-refractivity contribution is 0.464. The molecule has 0 fully saturated rings. The van der Waals surface area contributed by atoms with E-state index in [1.807, 2.05) is 0 Å². The minimum absolute atomic E-state index is 0.198. The molecule has 0 amide bonds. The van der Waals surface area contributed by atoms with Crippen molar-refractivity contribution in [1.82, 2.24) is 0 Å². The zero-order chi connectivity index (χ0) is 9.84.